The van der Waals surface area contributed by atoms with Crippen molar-refractivity contribution in [1.29, 1.82) is 0 Å². The number of hydrogen-bond acceptors (Lipinski definition) is 4. The summed E-state index contributed by atoms with van der Waals surface area (Å²) in [6.07, 6.45) is 0. The first-order chi connectivity index (χ1) is 11.8. The average molecular weight is 342 g/mol. The fourth-order valence-electron chi connectivity index (χ4n) is 2.53. The van der Waals surface area contributed by atoms with E-state index in [2.05, 4.69) is 5.32 Å². The van der Waals surface area contributed by atoms with Gasteiger partial charge in [0.1, 0.15) is 5.56 Å². The molecule has 2 rings (SSSR count). The normalized spacial score (nSPS) is 10.4. The largest absolute Gasteiger partial charge is 0.478 e. The Morgan fingerprint density at radius 2 is 1.84 bits per heavy atom. The van der Waals surface area contributed by atoms with Gasteiger partial charge in [-0.05, 0) is 31.5 Å². The van der Waals surface area contributed by atoms with Crippen LogP contribution in [0.2, 0.25) is 0 Å². The smallest absolute Gasteiger partial charge is 0.337 e. The Kier molecular flexibility index (Phi) is 5.17. The standard InChI is InChI=1S/C18H18N2O5/c1-10-14(18(24)25)8-15(16(22)19-3)17(23)20(10)9-12-5-4-6-13(7-12)11(2)21/h4-8H,9H2,1-3H3,(H,19,22)(H,24,25). The van der Waals surface area contributed by atoms with Crippen LogP contribution < -0.4 is 10.9 Å². The van der Waals surface area contributed by atoms with Crippen LogP contribution in [0.1, 0.15) is 49.3 Å². The number of ketones is 1. The summed E-state index contributed by atoms with van der Waals surface area (Å²) in [5.74, 6) is -2.00. The minimum absolute atomic E-state index is 0.0525. The number of rotatable bonds is 5. The van der Waals surface area contributed by atoms with Crippen LogP contribution in [-0.2, 0) is 6.54 Å². The van der Waals surface area contributed by atoms with Gasteiger partial charge >= 0.3 is 5.97 Å². The quantitative estimate of drug-likeness (QED) is 0.801. The Hall–Kier alpha value is -3.22. The molecule has 0 spiro atoms. The lowest BCUT2D eigenvalue weighted by Gasteiger charge is -2.15. The van der Waals surface area contributed by atoms with Gasteiger partial charge in [-0.1, -0.05) is 18.2 Å². The van der Waals surface area contributed by atoms with E-state index in [-0.39, 0.29) is 29.1 Å². The summed E-state index contributed by atoms with van der Waals surface area (Å²) in [6, 6.07) is 7.80. The maximum Gasteiger partial charge on any atom is 0.337 e. The predicted molar refractivity (Wildman–Crippen MR) is 91.3 cm³/mol. The molecule has 1 heterocycles. The molecule has 1 amide bonds. The van der Waals surface area contributed by atoms with Crippen LogP contribution in [0, 0.1) is 6.92 Å². The fourth-order valence-corrected chi connectivity index (χ4v) is 2.53. The van der Waals surface area contributed by atoms with Crippen LogP contribution in [0.25, 0.3) is 0 Å². The molecule has 1 aromatic heterocycles. The SMILES string of the molecule is CNC(=O)c1cc(C(=O)O)c(C)n(Cc2cccc(C(C)=O)c2)c1=O. The van der Waals surface area contributed by atoms with Gasteiger partial charge in [-0.15, -0.1) is 0 Å². The van der Waals surface area contributed by atoms with Crippen LogP contribution >= 0.6 is 0 Å². The number of pyridine rings is 1. The first kappa shape index (κ1) is 18.1. The minimum Gasteiger partial charge on any atom is -0.478 e. The molecule has 0 saturated heterocycles. The summed E-state index contributed by atoms with van der Waals surface area (Å²) >= 11 is 0. The molecule has 0 aliphatic rings. The maximum absolute atomic E-state index is 12.6. The van der Waals surface area contributed by atoms with Crippen LogP contribution in [0.15, 0.2) is 35.1 Å². The second kappa shape index (κ2) is 7.12. The summed E-state index contributed by atoms with van der Waals surface area (Å²) < 4.78 is 1.23. The molecule has 1 aromatic carbocycles. The predicted octanol–water partition coefficient (Wildman–Crippen LogP) is 1.47. The molecule has 0 aliphatic carbocycles. The molecular formula is C18H18N2O5. The zero-order valence-electron chi connectivity index (χ0n) is 14.1. The van der Waals surface area contributed by atoms with Gasteiger partial charge in [-0.2, -0.15) is 0 Å². The number of nitrogens with zero attached hydrogens (tertiary/aromatic N) is 1. The summed E-state index contributed by atoms with van der Waals surface area (Å²) in [5, 5.41) is 11.7. The third-order valence-electron chi connectivity index (χ3n) is 3.94. The number of Topliss-reactive ketones (excluding diaryl/α,β-unsaturated/α-hetero) is 1. The van der Waals surface area contributed by atoms with Crippen LogP contribution in [-0.4, -0.2) is 34.4 Å². The molecule has 0 unspecified atom stereocenters. The molecule has 0 fully saturated rings. The Balaban J connectivity index is 2.64. The highest BCUT2D eigenvalue weighted by Crippen LogP contribution is 2.13. The Labute approximate surface area is 143 Å². The van der Waals surface area contributed by atoms with Crippen LogP contribution in [0.5, 0.6) is 0 Å². The second-order valence-electron chi connectivity index (χ2n) is 5.59. The van der Waals surface area contributed by atoms with Gasteiger partial charge in [-0.25, -0.2) is 4.79 Å². The van der Waals surface area contributed by atoms with Gasteiger partial charge in [0, 0.05) is 18.3 Å². The van der Waals surface area contributed by atoms with E-state index < -0.39 is 17.4 Å². The average Bonchev–Trinajstić information content (AvgIpc) is 2.58. The van der Waals surface area contributed by atoms with E-state index in [1.54, 1.807) is 24.3 Å². The molecule has 7 nitrogen and oxygen atoms in total. The van der Waals surface area contributed by atoms with Gasteiger partial charge in [0.25, 0.3) is 11.5 Å². The number of nitrogens with one attached hydrogen (secondary N) is 1. The van der Waals surface area contributed by atoms with Gasteiger partial charge in [-0.3, -0.25) is 14.4 Å². The number of carbonyl (C=O) groups is 3. The molecular weight excluding hydrogens is 324 g/mol. The van der Waals surface area contributed by atoms with Crippen molar-refractivity contribution < 1.29 is 19.5 Å². The van der Waals surface area contributed by atoms with E-state index in [0.717, 1.165) is 6.07 Å². The minimum atomic E-state index is -1.23. The topological polar surface area (TPSA) is 105 Å². The monoisotopic (exact) mass is 342 g/mol. The van der Waals surface area contributed by atoms with Gasteiger partial charge in [0.05, 0.1) is 12.1 Å². The molecule has 0 bridgehead atoms. The first-order valence-electron chi connectivity index (χ1n) is 7.56. The molecule has 7 heteroatoms. The van der Waals surface area contributed by atoms with Crippen molar-refractivity contribution in [2.45, 2.75) is 20.4 Å². The van der Waals surface area contributed by atoms with E-state index in [9.17, 15) is 24.3 Å². The molecule has 2 aromatic rings. The van der Waals surface area contributed by atoms with Crippen molar-refractivity contribution in [3.63, 3.8) is 0 Å². The molecule has 0 radical (unpaired) electrons. The molecule has 25 heavy (non-hydrogen) atoms. The van der Waals surface area contributed by atoms with Crippen LogP contribution in [0.4, 0.5) is 0 Å². The van der Waals surface area contributed by atoms with Crippen molar-refractivity contribution in [2.24, 2.45) is 0 Å². The number of carbonyl (C=O) groups excluding carboxylic acids is 2. The summed E-state index contributed by atoms with van der Waals surface area (Å²) in [4.78, 5) is 47.5. The Bertz CT molecular complexity index is 928. The Morgan fingerprint density at radius 3 is 2.40 bits per heavy atom. The van der Waals surface area contributed by atoms with Crippen molar-refractivity contribution >= 4 is 17.7 Å². The van der Waals surface area contributed by atoms with Crippen LogP contribution in [0.3, 0.4) is 0 Å². The number of hydrogen-bond donors (Lipinski definition) is 2. The fraction of sp³-hybridized carbons (Fsp3) is 0.222. The van der Waals surface area contributed by atoms with Crippen molar-refractivity contribution in [3.05, 3.63) is 68.6 Å². The van der Waals surface area contributed by atoms with Gasteiger partial charge < -0.3 is 15.0 Å². The number of aromatic carboxylic acids is 1. The maximum atomic E-state index is 12.6. The lowest BCUT2D eigenvalue weighted by molar-refractivity contribution is 0.0694. The number of benzene rings is 1. The zero-order valence-corrected chi connectivity index (χ0v) is 14.1. The molecule has 130 valence electrons. The highest BCUT2D eigenvalue weighted by molar-refractivity contribution is 5.97. The number of carboxylic acids is 1. The van der Waals surface area contributed by atoms with E-state index >= 15 is 0 Å². The lowest BCUT2D eigenvalue weighted by atomic mass is 10.1. The molecule has 0 aliphatic heterocycles. The Morgan fingerprint density at radius 1 is 1.16 bits per heavy atom. The zero-order chi connectivity index (χ0) is 18.7. The number of carboxylic acid groups (broad SMARTS) is 1. The lowest BCUT2D eigenvalue weighted by Crippen LogP contribution is -2.34. The third kappa shape index (κ3) is 3.65. The van der Waals surface area contributed by atoms with Crippen molar-refractivity contribution in [1.82, 2.24) is 9.88 Å². The van der Waals surface area contributed by atoms with E-state index in [1.165, 1.54) is 25.5 Å². The number of amides is 1. The third-order valence-corrected chi connectivity index (χ3v) is 3.94. The summed E-state index contributed by atoms with van der Waals surface area (Å²) in [6.45, 7) is 3.00. The summed E-state index contributed by atoms with van der Waals surface area (Å²) in [5.41, 5.74) is 0.426. The van der Waals surface area contributed by atoms with Gasteiger partial charge in [0.15, 0.2) is 5.78 Å². The number of aromatic nitrogens is 1. The first-order valence-corrected chi connectivity index (χ1v) is 7.56. The molecule has 2 N–H and O–H groups in total. The van der Waals surface area contributed by atoms with Crippen molar-refractivity contribution in [2.75, 3.05) is 7.05 Å². The highest BCUT2D eigenvalue weighted by atomic mass is 16.4. The van der Waals surface area contributed by atoms with E-state index in [1.807, 2.05) is 0 Å². The van der Waals surface area contributed by atoms with Gasteiger partial charge in [0.2, 0.25) is 0 Å². The van der Waals surface area contributed by atoms with E-state index in [4.69, 9.17) is 0 Å². The van der Waals surface area contributed by atoms with Crippen molar-refractivity contribution in [3.8, 4) is 0 Å². The molecule has 0 atom stereocenters. The van der Waals surface area contributed by atoms with E-state index in [0.29, 0.717) is 11.1 Å². The second-order valence-corrected chi connectivity index (χ2v) is 5.59. The molecule has 0 saturated carbocycles. The summed E-state index contributed by atoms with van der Waals surface area (Å²) in [7, 11) is 1.36. The highest BCUT2D eigenvalue weighted by Gasteiger charge is 2.20.